The largest absolute Gasteiger partial charge is 0.340 e. The van der Waals surface area contributed by atoms with Gasteiger partial charge in [-0.15, -0.1) is 0 Å². The summed E-state index contributed by atoms with van der Waals surface area (Å²) in [5.41, 5.74) is 0.346. The van der Waals surface area contributed by atoms with Crippen molar-refractivity contribution in [1.29, 1.82) is 0 Å². The fourth-order valence-corrected chi connectivity index (χ4v) is 4.54. The number of rotatable bonds is 4. The number of sulfone groups is 1. The van der Waals surface area contributed by atoms with Crippen molar-refractivity contribution in [2.45, 2.75) is 46.5 Å². The van der Waals surface area contributed by atoms with Gasteiger partial charge in [-0.3, -0.25) is 9.69 Å². The second-order valence-electron chi connectivity index (χ2n) is 8.71. The lowest BCUT2D eigenvalue weighted by Crippen LogP contribution is -2.51. The summed E-state index contributed by atoms with van der Waals surface area (Å²) in [4.78, 5) is 16.9. The lowest BCUT2D eigenvalue weighted by molar-refractivity contribution is -0.139. The summed E-state index contributed by atoms with van der Waals surface area (Å²) in [6.45, 7) is 10.5. The van der Waals surface area contributed by atoms with Gasteiger partial charge in [-0.2, -0.15) is 0 Å². The van der Waals surface area contributed by atoms with E-state index in [4.69, 9.17) is 0 Å². The summed E-state index contributed by atoms with van der Waals surface area (Å²) in [5, 5.41) is 0. The minimum atomic E-state index is -2.91. The Morgan fingerprint density at radius 1 is 1.00 bits per heavy atom. The summed E-state index contributed by atoms with van der Waals surface area (Å²) in [7, 11) is -2.91. The van der Waals surface area contributed by atoms with Crippen LogP contribution in [-0.4, -0.2) is 68.9 Å². The minimum absolute atomic E-state index is 0.200. The lowest BCUT2D eigenvalue weighted by Gasteiger charge is -2.40. The Balaban J connectivity index is 1.75. The van der Waals surface area contributed by atoms with Gasteiger partial charge in [-0.1, -0.05) is 20.8 Å². The predicted molar refractivity (Wildman–Crippen MR) is 97.6 cm³/mol. The standard InChI is InChI=1S/C18H34N2O3S/c1-18(2,3)16-7-5-15(6-8-16)17(21)20-11-9-19(10-12-20)13-14-24(4,22)23/h15-16H,5-14H2,1-4H3. The number of hydrogen-bond acceptors (Lipinski definition) is 4. The molecule has 0 bridgehead atoms. The first kappa shape index (κ1) is 19.7. The Morgan fingerprint density at radius 2 is 1.54 bits per heavy atom. The van der Waals surface area contributed by atoms with Gasteiger partial charge in [0.1, 0.15) is 9.84 Å². The van der Waals surface area contributed by atoms with Crippen LogP contribution >= 0.6 is 0 Å². The molecular weight excluding hydrogens is 324 g/mol. The van der Waals surface area contributed by atoms with E-state index >= 15 is 0 Å². The second kappa shape index (κ2) is 7.73. The molecule has 2 rings (SSSR count). The molecule has 1 heterocycles. The Kier molecular flexibility index (Phi) is 6.35. The molecule has 0 aromatic heterocycles. The fraction of sp³-hybridized carbons (Fsp3) is 0.944. The van der Waals surface area contributed by atoms with Crippen LogP contribution in [0.3, 0.4) is 0 Å². The van der Waals surface area contributed by atoms with Gasteiger partial charge in [-0.05, 0) is 37.0 Å². The Hall–Kier alpha value is -0.620. The van der Waals surface area contributed by atoms with E-state index in [0.29, 0.717) is 17.9 Å². The van der Waals surface area contributed by atoms with Crippen molar-refractivity contribution in [1.82, 2.24) is 9.80 Å². The molecule has 140 valence electrons. The topological polar surface area (TPSA) is 57.7 Å². The maximum Gasteiger partial charge on any atom is 0.225 e. The fourth-order valence-electron chi connectivity index (χ4n) is 3.95. The molecule has 2 fully saturated rings. The Bertz CT molecular complexity index is 523. The zero-order valence-electron chi connectivity index (χ0n) is 15.8. The van der Waals surface area contributed by atoms with Crippen molar-refractivity contribution in [2.24, 2.45) is 17.3 Å². The molecule has 1 amide bonds. The van der Waals surface area contributed by atoms with Gasteiger partial charge in [-0.25, -0.2) is 8.42 Å². The highest BCUT2D eigenvalue weighted by Gasteiger charge is 2.34. The van der Waals surface area contributed by atoms with Crippen LogP contribution in [0.5, 0.6) is 0 Å². The van der Waals surface area contributed by atoms with Crippen molar-refractivity contribution in [3.63, 3.8) is 0 Å². The van der Waals surface area contributed by atoms with Crippen molar-refractivity contribution in [3.05, 3.63) is 0 Å². The number of carbonyl (C=O) groups excluding carboxylic acids is 1. The molecule has 1 aliphatic carbocycles. The first-order valence-corrected chi connectivity index (χ1v) is 11.3. The molecule has 24 heavy (non-hydrogen) atoms. The molecule has 0 N–H and O–H groups in total. The third-order valence-electron chi connectivity index (χ3n) is 5.76. The highest BCUT2D eigenvalue weighted by atomic mass is 32.2. The molecule has 1 saturated heterocycles. The molecule has 1 aliphatic heterocycles. The molecule has 0 spiro atoms. The maximum atomic E-state index is 12.7. The van der Waals surface area contributed by atoms with Crippen LogP contribution in [0, 0.1) is 17.3 Å². The van der Waals surface area contributed by atoms with Gasteiger partial charge < -0.3 is 4.90 Å². The zero-order valence-corrected chi connectivity index (χ0v) is 16.6. The number of piperazine rings is 1. The SMILES string of the molecule is CC(C)(C)C1CCC(C(=O)N2CCN(CCS(C)(=O)=O)CC2)CC1. The van der Waals surface area contributed by atoms with Gasteiger partial charge in [0.25, 0.3) is 0 Å². The van der Waals surface area contributed by atoms with Gasteiger partial charge in [0.05, 0.1) is 5.75 Å². The number of nitrogens with zero attached hydrogens (tertiary/aromatic N) is 2. The minimum Gasteiger partial charge on any atom is -0.340 e. The summed E-state index contributed by atoms with van der Waals surface area (Å²) >= 11 is 0. The quantitative estimate of drug-likeness (QED) is 0.771. The predicted octanol–water partition coefficient (Wildman–Crippen LogP) is 2.03. The summed E-state index contributed by atoms with van der Waals surface area (Å²) in [6.07, 6.45) is 5.65. The first-order chi connectivity index (χ1) is 11.1. The monoisotopic (exact) mass is 358 g/mol. The molecule has 0 aromatic rings. The first-order valence-electron chi connectivity index (χ1n) is 9.25. The Morgan fingerprint density at radius 3 is 2.00 bits per heavy atom. The number of hydrogen-bond donors (Lipinski definition) is 0. The van der Waals surface area contributed by atoms with Crippen LogP contribution in [0.4, 0.5) is 0 Å². The molecule has 1 saturated carbocycles. The number of amides is 1. The normalized spacial score (nSPS) is 27.2. The van der Waals surface area contributed by atoms with E-state index in [2.05, 4.69) is 25.7 Å². The molecule has 0 unspecified atom stereocenters. The Labute approximate surface area is 147 Å². The van der Waals surface area contributed by atoms with E-state index in [1.807, 2.05) is 4.90 Å². The van der Waals surface area contributed by atoms with Crippen LogP contribution < -0.4 is 0 Å². The summed E-state index contributed by atoms with van der Waals surface area (Å²) < 4.78 is 22.5. The zero-order chi connectivity index (χ0) is 18.0. The van der Waals surface area contributed by atoms with Crippen molar-refractivity contribution >= 4 is 15.7 Å². The molecule has 0 radical (unpaired) electrons. The summed E-state index contributed by atoms with van der Waals surface area (Å²) in [6, 6.07) is 0. The molecule has 5 nitrogen and oxygen atoms in total. The van der Waals surface area contributed by atoms with Crippen LogP contribution in [0.2, 0.25) is 0 Å². The molecule has 0 aromatic carbocycles. The number of carbonyl (C=O) groups is 1. The smallest absolute Gasteiger partial charge is 0.225 e. The average molecular weight is 359 g/mol. The van der Waals surface area contributed by atoms with Gasteiger partial charge in [0, 0.05) is 44.9 Å². The second-order valence-corrected chi connectivity index (χ2v) is 11.0. The maximum absolute atomic E-state index is 12.7. The van der Waals surface area contributed by atoms with E-state index in [1.54, 1.807) is 0 Å². The van der Waals surface area contributed by atoms with E-state index in [1.165, 1.54) is 6.26 Å². The van der Waals surface area contributed by atoms with Crippen LogP contribution in [0.1, 0.15) is 46.5 Å². The highest BCUT2D eigenvalue weighted by Crippen LogP contribution is 2.40. The molecule has 2 aliphatic rings. The van der Waals surface area contributed by atoms with Gasteiger partial charge >= 0.3 is 0 Å². The molecule has 6 heteroatoms. The van der Waals surface area contributed by atoms with Crippen molar-refractivity contribution < 1.29 is 13.2 Å². The van der Waals surface area contributed by atoms with E-state index < -0.39 is 9.84 Å². The average Bonchev–Trinajstić information content (AvgIpc) is 2.51. The molecule has 0 atom stereocenters. The van der Waals surface area contributed by atoms with Crippen LogP contribution in [-0.2, 0) is 14.6 Å². The third kappa shape index (κ3) is 5.73. The lowest BCUT2D eigenvalue weighted by atomic mass is 9.69. The van der Waals surface area contributed by atoms with E-state index in [9.17, 15) is 13.2 Å². The van der Waals surface area contributed by atoms with Crippen molar-refractivity contribution in [2.75, 3.05) is 44.7 Å². The highest BCUT2D eigenvalue weighted by molar-refractivity contribution is 7.90. The van der Waals surface area contributed by atoms with Crippen molar-refractivity contribution in [3.8, 4) is 0 Å². The van der Waals surface area contributed by atoms with E-state index in [-0.39, 0.29) is 11.7 Å². The summed E-state index contributed by atoms with van der Waals surface area (Å²) in [5.74, 6) is 1.46. The van der Waals surface area contributed by atoms with E-state index in [0.717, 1.165) is 57.8 Å². The third-order valence-corrected chi connectivity index (χ3v) is 6.69. The van der Waals surface area contributed by atoms with Gasteiger partial charge in [0.2, 0.25) is 5.91 Å². The van der Waals surface area contributed by atoms with Crippen LogP contribution in [0.25, 0.3) is 0 Å². The van der Waals surface area contributed by atoms with Crippen LogP contribution in [0.15, 0.2) is 0 Å². The molecular formula is C18H34N2O3S. The van der Waals surface area contributed by atoms with Gasteiger partial charge in [0.15, 0.2) is 0 Å².